The highest BCUT2D eigenvalue weighted by molar-refractivity contribution is 5.93. The van der Waals surface area contributed by atoms with Gasteiger partial charge in [0.25, 0.3) is 0 Å². The first-order valence-electron chi connectivity index (χ1n) is 13.3. The highest BCUT2D eigenvalue weighted by Crippen LogP contribution is 2.38. The molecule has 0 radical (unpaired) electrons. The quantitative estimate of drug-likeness (QED) is 0.552. The van der Waals surface area contributed by atoms with Crippen molar-refractivity contribution in [3.63, 3.8) is 0 Å². The highest BCUT2D eigenvalue weighted by Gasteiger charge is 2.44. The Kier molecular flexibility index (Phi) is 7.32. The van der Waals surface area contributed by atoms with Crippen molar-refractivity contribution in [2.45, 2.75) is 89.4 Å². The van der Waals surface area contributed by atoms with Gasteiger partial charge >= 0.3 is 5.97 Å². The lowest BCUT2D eigenvalue weighted by atomic mass is 9.94. The summed E-state index contributed by atoms with van der Waals surface area (Å²) >= 11 is 0. The lowest BCUT2D eigenvalue weighted by Crippen LogP contribution is -2.51. The number of ether oxygens (including phenoxy) is 1. The van der Waals surface area contributed by atoms with E-state index in [-0.39, 0.29) is 24.7 Å². The van der Waals surface area contributed by atoms with E-state index in [1.165, 1.54) is 6.20 Å². The number of pyridine rings is 1. The van der Waals surface area contributed by atoms with Crippen LogP contribution in [0, 0.1) is 18.3 Å². The molecular weight excluding hydrogens is 468 g/mol. The van der Waals surface area contributed by atoms with Crippen LogP contribution in [0.1, 0.15) is 90.0 Å². The Balaban J connectivity index is 1.31. The van der Waals surface area contributed by atoms with Crippen LogP contribution in [0.5, 0.6) is 0 Å². The van der Waals surface area contributed by atoms with Gasteiger partial charge in [0.1, 0.15) is 18.8 Å². The van der Waals surface area contributed by atoms with Gasteiger partial charge in [-0.1, -0.05) is 6.07 Å². The van der Waals surface area contributed by atoms with Gasteiger partial charge in [-0.3, -0.25) is 14.8 Å². The van der Waals surface area contributed by atoms with Crippen molar-refractivity contribution < 1.29 is 19.7 Å². The molecule has 6 atom stereocenters. The van der Waals surface area contributed by atoms with E-state index in [1.54, 1.807) is 18.2 Å². The van der Waals surface area contributed by atoms with E-state index in [1.807, 2.05) is 13.0 Å². The number of rotatable bonds is 7. The zero-order valence-electron chi connectivity index (χ0n) is 21.8. The number of aliphatic hydroxyl groups excluding tert-OH is 2. The van der Waals surface area contributed by atoms with Gasteiger partial charge in [0.15, 0.2) is 0 Å². The fourth-order valence-corrected chi connectivity index (χ4v) is 6.59. The maximum Gasteiger partial charge on any atom is 0.338 e. The molecule has 1 aromatic heterocycles. The van der Waals surface area contributed by atoms with E-state index in [0.29, 0.717) is 42.0 Å². The topological polar surface area (TPSA) is 110 Å². The molecule has 2 saturated heterocycles. The van der Waals surface area contributed by atoms with Gasteiger partial charge in [-0.2, -0.15) is 5.26 Å². The summed E-state index contributed by atoms with van der Waals surface area (Å²) in [6, 6.07) is 10.4. The van der Waals surface area contributed by atoms with Gasteiger partial charge in [-0.15, -0.1) is 0 Å². The Morgan fingerprint density at radius 3 is 2.27 bits per heavy atom. The molecule has 37 heavy (non-hydrogen) atoms. The first-order valence-corrected chi connectivity index (χ1v) is 13.3. The summed E-state index contributed by atoms with van der Waals surface area (Å²) in [5.74, 6) is -0.291. The van der Waals surface area contributed by atoms with Gasteiger partial charge in [-0.25, -0.2) is 4.79 Å². The Labute approximate surface area is 218 Å². The van der Waals surface area contributed by atoms with E-state index < -0.39 is 12.2 Å². The number of cyclic esters (lactones) is 1. The van der Waals surface area contributed by atoms with Crippen LogP contribution in [0.3, 0.4) is 0 Å². The molecule has 0 saturated carbocycles. The van der Waals surface area contributed by atoms with Crippen molar-refractivity contribution in [1.29, 1.82) is 5.26 Å². The Morgan fingerprint density at radius 1 is 1.03 bits per heavy atom. The second-order valence-corrected chi connectivity index (χ2v) is 10.9. The number of fused-ring (bicyclic) bond motifs is 1. The molecule has 3 aliphatic rings. The zero-order chi connectivity index (χ0) is 26.3. The van der Waals surface area contributed by atoms with Crippen molar-refractivity contribution in [3.8, 4) is 6.07 Å². The molecule has 0 bridgehead atoms. The van der Waals surface area contributed by atoms with E-state index in [9.17, 15) is 15.0 Å². The Hall–Kier alpha value is -2.83. The average Bonchev–Trinajstić information content (AvgIpc) is 3.57. The fourth-order valence-electron chi connectivity index (χ4n) is 6.59. The van der Waals surface area contributed by atoms with Crippen LogP contribution in [0.4, 0.5) is 0 Å². The predicted octanol–water partition coefficient (Wildman–Crippen LogP) is 3.40. The number of nitriles is 1. The summed E-state index contributed by atoms with van der Waals surface area (Å²) in [5, 5.41) is 31.4. The molecule has 4 heterocycles. The van der Waals surface area contributed by atoms with Gasteiger partial charge in [0.2, 0.25) is 0 Å². The third-order valence-electron chi connectivity index (χ3n) is 8.78. The third kappa shape index (κ3) is 4.89. The molecule has 1 aromatic carbocycles. The lowest BCUT2D eigenvalue weighted by molar-refractivity contribution is 0.0298. The second-order valence-electron chi connectivity index (χ2n) is 10.9. The number of carbonyl (C=O) groups excluding carboxylic acids is 1. The van der Waals surface area contributed by atoms with Crippen molar-refractivity contribution in [3.05, 3.63) is 64.0 Å². The van der Waals surface area contributed by atoms with Crippen LogP contribution in [0.15, 0.2) is 30.5 Å². The van der Waals surface area contributed by atoms with Crippen molar-refractivity contribution >= 4 is 5.97 Å². The molecule has 8 heteroatoms. The van der Waals surface area contributed by atoms with Gasteiger partial charge in [0.05, 0.1) is 22.9 Å². The van der Waals surface area contributed by atoms with Crippen molar-refractivity contribution in [1.82, 2.24) is 14.8 Å². The molecule has 0 amide bonds. The molecule has 196 valence electrons. The minimum absolute atomic E-state index is 0.272. The summed E-state index contributed by atoms with van der Waals surface area (Å²) in [7, 11) is 0. The SMILES string of the molecule is Cc1c(C(O)CN2C(C)CCC2C2CCC(C)N2CC(O)c2ccc(C#N)cn2)ccc2c1COC2=O. The zero-order valence-corrected chi connectivity index (χ0v) is 21.8. The monoisotopic (exact) mass is 504 g/mol. The molecular formula is C29H36N4O4. The van der Waals surface area contributed by atoms with Crippen molar-refractivity contribution in [2.24, 2.45) is 0 Å². The average molecular weight is 505 g/mol. The number of benzene rings is 1. The number of hydrogen-bond donors (Lipinski definition) is 2. The normalized spacial score (nSPS) is 27.6. The number of likely N-dealkylation sites (tertiary alicyclic amines) is 2. The van der Waals surface area contributed by atoms with E-state index in [4.69, 9.17) is 10.00 Å². The first kappa shape index (κ1) is 25.8. The smallest absolute Gasteiger partial charge is 0.338 e. The number of carbonyl (C=O) groups is 1. The highest BCUT2D eigenvalue weighted by atomic mass is 16.5. The number of esters is 1. The molecule has 2 aromatic rings. The largest absolute Gasteiger partial charge is 0.457 e. The number of aliphatic hydroxyl groups is 2. The maximum atomic E-state index is 11.9. The Bertz CT molecular complexity index is 1190. The molecule has 8 nitrogen and oxygen atoms in total. The predicted molar refractivity (Wildman–Crippen MR) is 138 cm³/mol. The van der Waals surface area contributed by atoms with Crippen LogP contribution in [0.25, 0.3) is 0 Å². The van der Waals surface area contributed by atoms with Crippen LogP contribution < -0.4 is 0 Å². The number of hydrogen-bond acceptors (Lipinski definition) is 8. The third-order valence-corrected chi connectivity index (χ3v) is 8.78. The summed E-state index contributed by atoms with van der Waals surface area (Å²) in [5.41, 5.74) is 4.34. The Morgan fingerprint density at radius 2 is 1.68 bits per heavy atom. The van der Waals surface area contributed by atoms with Crippen LogP contribution >= 0.6 is 0 Å². The van der Waals surface area contributed by atoms with Crippen LogP contribution in [-0.4, -0.2) is 68.2 Å². The van der Waals surface area contributed by atoms with Gasteiger partial charge in [0, 0.05) is 49.0 Å². The molecule has 0 spiro atoms. The summed E-state index contributed by atoms with van der Waals surface area (Å²) < 4.78 is 5.20. The first-order chi connectivity index (χ1) is 17.8. The minimum atomic E-state index is -0.729. The van der Waals surface area contributed by atoms with Gasteiger partial charge in [-0.05, 0) is 75.8 Å². The summed E-state index contributed by atoms with van der Waals surface area (Å²) in [6.45, 7) is 7.70. The number of β-amino-alcohol motifs (C(OH)–C–C–N with tert-alkyl or cyclic N) is 2. The minimum Gasteiger partial charge on any atom is -0.457 e. The molecule has 6 unspecified atom stereocenters. The fraction of sp³-hybridized carbons (Fsp3) is 0.552. The van der Waals surface area contributed by atoms with E-state index >= 15 is 0 Å². The maximum absolute atomic E-state index is 11.9. The standard InChI is InChI=1S/C29H36N4O4/c1-17-4-10-25(32(17)14-27(34)21-7-8-22-23(19(21)3)16-37-29(22)36)26-11-5-18(2)33(26)15-28(35)24-9-6-20(12-30)13-31-24/h6-9,13,17-18,25-28,34-35H,4-5,10-11,14-16H2,1-3H3. The molecule has 2 fully saturated rings. The lowest BCUT2D eigenvalue weighted by Gasteiger charge is -2.39. The molecule has 0 aliphatic carbocycles. The van der Waals surface area contributed by atoms with E-state index in [0.717, 1.165) is 42.4 Å². The number of aromatic nitrogens is 1. The number of nitrogens with zero attached hydrogens (tertiary/aromatic N) is 4. The van der Waals surface area contributed by atoms with E-state index in [2.05, 4.69) is 34.7 Å². The molecule has 2 N–H and O–H groups in total. The van der Waals surface area contributed by atoms with Crippen LogP contribution in [-0.2, 0) is 11.3 Å². The molecule has 5 rings (SSSR count). The summed E-state index contributed by atoms with van der Waals surface area (Å²) in [4.78, 5) is 21.1. The second kappa shape index (κ2) is 10.5. The van der Waals surface area contributed by atoms with Crippen LogP contribution in [0.2, 0.25) is 0 Å². The van der Waals surface area contributed by atoms with Gasteiger partial charge < -0.3 is 14.9 Å². The summed E-state index contributed by atoms with van der Waals surface area (Å²) in [6.07, 6.45) is 4.36. The van der Waals surface area contributed by atoms with Crippen molar-refractivity contribution in [2.75, 3.05) is 13.1 Å². The molecule has 3 aliphatic heterocycles.